The molecule has 3 aliphatic heterocycles. The van der Waals surface area contributed by atoms with E-state index in [0.717, 1.165) is 36.8 Å². The van der Waals surface area contributed by atoms with Gasteiger partial charge in [0.15, 0.2) is 11.5 Å². The number of amides is 1. The molecule has 0 bridgehead atoms. The molecule has 1 fully saturated rings. The first-order chi connectivity index (χ1) is 13.6. The third kappa shape index (κ3) is 3.74. The summed E-state index contributed by atoms with van der Waals surface area (Å²) in [5, 5.41) is 1.06. The molecule has 0 N–H and O–H groups in total. The Morgan fingerprint density at radius 3 is 2.57 bits per heavy atom. The fraction of sp³-hybridized carbons (Fsp3) is 0.409. The topological polar surface area (TPSA) is 42.0 Å². The minimum absolute atomic E-state index is 0.0586. The average molecular weight is 398 g/mol. The molecule has 1 aromatic rings. The first-order valence-corrected chi connectivity index (χ1v) is 10.8. The monoisotopic (exact) mass is 398 g/mol. The van der Waals surface area contributed by atoms with Crippen LogP contribution in [-0.2, 0) is 4.79 Å². The van der Waals surface area contributed by atoms with Crippen molar-refractivity contribution in [3.63, 3.8) is 0 Å². The molecule has 1 saturated heterocycles. The fourth-order valence-electron chi connectivity index (χ4n) is 4.05. The molecule has 0 aromatic heterocycles. The van der Waals surface area contributed by atoms with Gasteiger partial charge in [0.1, 0.15) is 0 Å². The smallest absolute Gasteiger partial charge is 0.252 e. The van der Waals surface area contributed by atoms with Gasteiger partial charge in [-0.3, -0.25) is 4.79 Å². The number of rotatable bonds is 4. The highest BCUT2D eigenvalue weighted by molar-refractivity contribution is 7.51. The van der Waals surface area contributed by atoms with Gasteiger partial charge < -0.3 is 19.3 Å². The van der Waals surface area contributed by atoms with Gasteiger partial charge in [0.05, 0.1) is 20.0 Å². The highest BCUT2D eigenvalue weighted by Gasteiger charge is 2.30. The van der Waals surface area contributed by atoms with Crippen LogP contribution in [0.2, 0.25) is 0 Å². The van der Waals surface area contributed by atoms with E-state index in [1.807, 2.05) is 23.1 Å². The number of carbonyl (C=O) groups excluding carboxylic acids is 1. The first kappa shape index (κ1) is 19.2. The number of likely N-dealkylation sites (tertiary alicyclic amines) is 1. The summed E-state index contributed by atoms with van der Waals surface area (Å²) in [5.41, 5.74) is 2.31. The quantitative estimate of drug-likeness (QED) is 0.726. The molecule has 0 aliphatic carbocycles. The Labute approximate surface area is 168 Å². The molecule has 4 rings (SSSR count). The van der Waals surface area contributed by atoms with Crippen LogP contribution in [0.15, 0.2) is 48.2 Å². The number of hydrogen-bond donors (Lipinski definition) is 0. The van der Waals surface area contributed by atoms with Crippen LogP contribution in [0.3, 0.4) is 0 Å². The highest BCUT2D eigenvalue weighted by Crippen LogP contribution is 2.46. The Morgan fingerprint density at radius 1 is 1.11 bits per heavy atom. The third-order valence-electron chi connectivity index (χ3n) is 5.77. The zero-order valence-corrected chi connectivity index (χ0v) is 17.6. The lowest BCUT2D eigenvalue weighted by Gasteiger charge is -2.37. The van der Waals surface area contributed by atoms with Crippen molar-refractivity contribution in [2.45, 2.75) is 18.6 Å². The number of nitrogens with zero attached hydrogens (tertiary/aromatic N) is 2. The molecule has 1 aromatic carbocycles. The zero-order valence-electron chi connectivity index (χ0n) is 16.6. The van der Waals surface area contributed by atoms with Crippen molar-refractivity contribution < 1.29 is 14.3 Å². The predicted octanol–water partition coefficient (Wildman–Crippen LogP) is 3.69. The number of ether oxygens (including phenoxy) is 2. The largest absolute Gasteiger partial charge is 0.493 e. The summed E-state index contributed by atoms with van der Waals surface area (Å²) in [7, 11) is 5.94. The lowest BCUT2D eigenvalue weighted by atomic mass is 9.88. The van der Waals surface area contributed by atoms with Crippen molar-refractivity contribution in [1.29, 1.82) is 0 Å². The van der Waals surface area contributed by atoms with Crippen LogP contribution in [0, 0.1) is 5.92 Å². The molecular formula is C22H27N2O3P. The minimum atomic E-state index is 0.0586. The number of fused-ring (bicyclic) bond motifs is 1. The van der Waals surface area contributed by atoms with Gasteiger partial charge in [-0.2, -0.15) is 0 Å². The van der Waals surface area contributed by atoms with E-state index in [4.69, 9.17) is 9.47 Å². The van der Waals surface area contributed by atoms with E-state index in [0.29, 0.717) is 26.0 Å². The molecule has 5 nitrogen and oxygen atoms in total. The van der Waals surface area contributed by atoms with E-state index < -0.39 is 0 Å². The summed E-state index contributed by atoms with van der Waals surface area (Å²) in [5.74, 6) is 2.10. The van der Waals surface area contributed by atoms with Gasteiger partial charge in [0.25, 0.3) is 5.91 Å². The summed E-state index contributed by atoms with van der Waals surface area (Å²) < 4.78 is 10.7. The summed E-state index contributed by atoms with van der Waals surface area (Å²) in [6.45, 7) is 2.25. The summed E-state index contributed by atoms with van der Waals surface area (Å²) >= 11 is 0. The molecule has 3 aliphatic rings. The van der Waals surface area contributed by atoms with Crippen molar-refractivity contribution in [2.75, 3.05) is 34.4 Å². The maximum Gasteiger partial charge on any atom is 0.252 e. The second-order valence-electron chi connectivity index (χ2n) is 7.53. The summed E-state index contributed by atoms with van der Waals surface area (Å²) in [6, 6.07) is 5.84. The van der Waals surface area contributed by atoms with Crippen LogP contribution in [0.25, 0.3) is 5.31 Å². The van der Waals surface area contributed by atoms with Crippen molar-refractivity contribution >= 4 is 19.8 Å². The van der Waals surface area contributed by atoms with E-state index >= 15 is 0 Å². The Hall–Kier alpha value is -2.10. The lowest BCUT2D eigenvalue weighted by Crippen LogP contribution is -2.37. The zero-order chi connectivity index (χ0) is 19.7. The molecule has 28 heavy (non-hydrogen) atoms. The molecule has 2 unspecified atom stereocenters. The Kier molecular flexibility index (Phi) is 5.56. The van der Waals surface area contributed by atoms with Crippen molar-refractivity contribution in [3.05, 3.63) is 53.8 Å². The average Bonchev–Trinajstić information content (AvgIpc) is 2.73. The predicted molar refractivity (Wildman–Crippen MR) is 114 cm³/mol. The third-order valence-corrected chi connectivity index (χ3v) is 7.28. The molecule has 0 saturated carbocycles. The maximum atomic E-state index is 12.9. The molecule has 6 heteroatoms. The van der Waals surface area contributed by atoms with Gasteiger partial charge in [0, 0.05) is 12.3 Å². The minimum Gasteiger partial charge on any atom is -0.493 e. The van der Waals surface area contributed by atoms with E-state index in [-0.39, 0.29) is 11.7 Å². The summed E-state index contributed by atoms with van der Waals surface area (Å²) in [6.07, 6.45) is 10.6. The first-order valence-electron chi connectivity index (χ1n) is 9.70. The second-order valence-corrected chi connectivity index (χ2v) is 8.95. The second kappa shape index (κ2) is 8.10. The molecule has 1 amide bonds. The van der Waals surface area contributed by atoms with Gasteiger partial charge in [-0.1, -0.05) is 26.8 Å². The van der Waals surface area contributed by atoms with Crippen molar-refractivity contribution in [3.8, 4) is 11.5 Å². The normalized spacial score (nSPS) is 24.0. The van der Waals surface area contributed by atoms with Crippen molar-refractivity contribution in [1.82, 2.24) is 9.80 Å². The van der Waals surface area contributed by atoms with E-state index in [1.165, 1.54) is 5.57 Å². The van der Waals surface area contributed by atoms with Crippen LogP contribution in [0.4, 0.5) is 0 Å². The SMILES string of the molecule is COc1ccc(C2=CC(=O)N3C=C(C4CCN(C)CC4)C=CC3P2)cc1OC. The van der Waals surface area contributed by atoms with Gasteiger partial charge in [-0.25, -0.2) is 0 Å². The van der Waals surface area contributed by atoms with Crippen LogP contribution < -0.4 is 9.47 Å². The Bertz CT molecular complexity index is 853. The van der Waals surface area contributed by atoms with E-state index in [1.54, 1.807) is 20.3 Å². The number of benzene rings is 1. The number of carbonyl (C=O) groups is 1. The Morgan fingerprint density at radius 2 is 1.86 bits per heavy atom. The van der Waals surface area contributed by atoms with Gasteiger partial charge in [-0.05, 0) is 67.5 Å². The molecule has 3 heterocycles. The molecule has 148 valence electrons. The van der Waals surface area contributed by atoms with E-state index in [2.05, 4.69) is 30.3 Å². The van der Waals surface area contributed by atoms with E-state index in [9.17, 15) is 4.79 Å². The number of allylic oxidation sites excluding steroid dienone is 2. The summed E-state index contributed by atoms with van der Waals surface area (Å²) in [4.78, 5) is 17.2. The maximum absolute atomic E-state index is 12.9. The van der Waals surface area contributed by atoms with Crippen LogP contribution in [0.5, 0.6) is 11.5 Å². The Balaban J connectivity index is 1.55. The van der Waals surface area contributed by atoms with Gasteiger partial charge in [-0.15, -0.1) is 0 Å². The van der Waals surface area contributed by atoms with Crippen molar-refractivity contribution in [2.24, 2.45) is 5.92 Å². The standard InChI is InChI=1S/C22H27N2O3P/c1-23-10-8-15(9-11-23)17-5-7-22-24(14-17)21(25)13-20(28-22)16-4-6-18(26-2)19(12-16)27-3/h4-7,12-15,22,28H,8-11H2,1-3H3. The number of methoxy groups -OCH3 is 2. The molecule has 2 atom stereocenters. The highest BCUT2D eigenvalue weighted by atomic mass is 31.1. The lowest BCUT2D eigenvalue weighted by molar-refractivity contribution is -0.123. The van der Waals surface area contributed by atoms with Crippen LogP contribution in [0.1, 0.15) is 18.4 Å². The number of hydrogen-bond acceptors (Lipinski definition) is 4. The number of piperidine rings is 1. The molecule has 0 radical (unpaired) electrons. The van der Waals surface area contributed by atoms with Crippen LogP contribution in [-0.4, -0.2) is 55.8 Å². The molecular weight excluding hydrogens is 371 g/mol. The van der Waals surface area contributed by atoms with Crippen LogP contribution >= 0.6 is 8.58 Å². The molecule has 0 spiro atoms. The van der Waals surface area contributed by atoms with Gasteiger partial charge >= 0.3 is 0 Å². The van der Waals surface area contributed by atoms with Gasteiger partial charge in [0.2, 0.25) is 0 Å². The fourth-order valence-corrected chi connectivity index (χ4v) is 5.43.